The molecule has 0 aliphatic rings. The molecule has 23 heavy (non-hydrogen) atoms. The molecule has 3 heteroatoms. The topological polar surface area (TPSA) is 43.8 Å². The first-order chi connectivity index (χ1) is 11.1. The summed E-state index contributed by atoms with van der Waals surface area (Å²) in [6.45, 7) is 7.54. The maximum Gasteiger partial charge on any atom is 0.141 e. The highest BCUT2D eigenvalue weighted by molar-refractivity contribution is 5.82. The maximum absolute atomic E-state index is 5.97. The Balaban J connectivity index is 2.16. The fourth-order valence-electron chi connectivity index (χ4n) is 3.02. The van der Waals surface area contributed by atoms with Gasteiger partial charge in [0, 0.05) is 17.8 Å². The summed E-state index contributed by atoms with van der Waals surface area (Å²) in [6.07, 6.45) is 3.63. The molecule has 1 aromatic heterocycles. The number of imidazole rings is 1. The van der Waals surface area contributed by atoms with Crippen LogP contribution >= 0.6 is 0 Å². The molecule has 0 fully saturated rings. The molecule has 0 atom stereocenters. The van der Waals surface area contributed by atoms with E-state index in [2.05, 4.69) is 43.5 Å². The van der Waals surface area contributed by atoms with Gasteiger partial charge in [-0.25, -0.2) is 4.98 Å². The lowest BCUT2D eigenvalue weighted by Crippen LogP contribution is -2.01. The minimum Gasteiger partial charge on any atom is -0.399 e. The van der Waals surface area contributed by atoms with Gasteiger partial charge in [0.15, 0.2) is 0 Å². The Labute approximate surface area is 138 Å². The molecule has 0 unspecified atom stereocenters. The summed E-state index contributed by atoms with van der Waals surface area (Å²) in [5.74, 6) is 1.02. The summed E-state index contributed by atoms with van der Waals surface area (Å²) < 4.78 is 2.35. The highest BCUT2D eigenvalue weighted by Crippen LogP contribution is 2.28. The molecule has 0 aliphatic carbocycles. The largest absolute Gasteiger partial charge is 0.399 e. The number of nitrogens with two attached hydrogens (primary N) is 1. The predicted molar refractivity (Wildman–Crippen MR) is 98.6 cm³/mol. The molecule has 0 saturated heterocycles. The van der Waals surface area contributed by atoms with Crippen molar-refractivity contribution in [2.45, 2.75) is 46.6 Å². The molecule has 1 heterocycles. The second-order valence-corrected chi connectivity index (χ2v) is 6.34. The number of aryl methyl sites for hydroxylation is 3. The third-order valence-corrected chi connectivity index (χ3v) is 4.49. The summed E-state index contributed by atoms with van der Waals surface area (Å²) in [4.78, 5) is 4.91. The Morgan fingerprint density at radius 2 is 1.83 bits per heavy atom. The maximum atomic E-state index is 5.97. The van der Waals surface area contributed by atoms with Crippen molar-refractivity contribution in [1.82, 2.24) is 9.55 Å². The first-order valence-electron chi connectivity index (χ1n) is 8.43. The van der Waals surface area contributed by atoms with Crippen LogP contribution in [0.5, 0.6) is 0 Å². The smallest absolute Gasteiger partial charge is 0.141 e. The van der Waals surface area contributed by atoms with E-state index in [9.17, 15) is 0 Å². The second-order valence-electron chi connectivity index (χ2n) is 6.34. The Bertz CT molecular complexity index is 830. The summed E-state index contributed by atoms with van der Waals surface area (Å²) in [6, 6.07) is 12.5. The van der Waals surface area contributed by atoms with Crippen molar-refractivity contribution >= 4 is 16.7 Å². The van der Waals surface area contributed by atoms with Gasteiger partial charge in [-0.1, -0.05) is 31.9 Å². The number of aromatic nitrogens is 2. The van der Waals surface area contributed by atoms with Crippen LogP contribution in [-0.2, 0) is 6.54 Å². The third kappa shape index (κ3) is 3.09. The van der Waals surface area contributed by atoms with Crippen molar-refractivity contribution in [3.05, 3.63) is 47.5 Å². The van der Waals surface area contributed by atoms with Crippen LogP contribution in [0.1, 0.15) is 37.3 Å². The van der Waals surface area contributed by atoms with Crippen molar-refractivity contribution in [2.24, 2.45) is 0 Å². The van der Waals surface area contributed by atoms with Gasteiger partial charge >= 0.3 is 0 Å². The van der Waals surface area contributed by atoms with Gasteiger partial charge < -0.3 is 10.3 Å². The molecule has 3 rings (SSSR count). The zero-order chi connectivity index (χ0) is 16.4. The minimum atomic E-state index is 0.780. The van der Waals surface area contributed by atoms with Crippen molar-refractivity contribution in [3.8, 4) is 11.4 Å². The Morgan fingerprint density at radius 1 is 1.04 bits per heavy atom. The Kier molecular flexibility index (Phi) is 4.37. The van der Waals surface area contributed by atoms with E-state index in [1.165, 1.54) is 35.9 Å². The average Bonchev–Trinajstić information content (AvgIpc) is 2.86. The second kappa shape index (κ2) is 6.45. The molecule has 3 aromatic rings. The molecule has 0 spiro atoms. The first kappa shape index (κ1) is 15.6. The van der Waals surface area contributed by atoms with E-state index < -0.39 is 0 Å². The Hall–Kier alpha value is -2.29. The average molecular weight is 307 g/mol. The van der Waals surface area contributed by atoms with Gasteiger partial charge in [0.05, 0.1) is 11.0 Å². The number of anilines is 1. The third-order valence-electron chi connectivity index (χ3n) is 4.49. The summed E-state index contributed by atoms with van der Waals surface area (Å²) >= 11 is 0. The fourth-order valence-corrected chi connectivity index (χ4v) is 3.02. The Morgan fingerprint density at radius 3 is 2.57 bits per heavy atom. The summed E-state index contributed by atoms with van der Waals surface area (Å²) in [5, 5.41) is 0. The molecule has 120 valence electrons. The first-order valence-corrected chi connectivity index (χ1v) is 8.43. The number of fused-ring (bicyclic) bond motifs is 1. The van der Waals surface area contributed by atoms with Crippen LogP contribution in [0.15, 0.2) is 36.4 Å². The lowest BCUT2D eigenvalue weighted by molar-refractivity contribution is 0.617. The van der Waals surface area contributed by atoms with Gasteiger partial charge in [-0.15, -0.1) is 0 Å². The van der Waals surface area contributed by atoms with E-state index in [0.717, 1.165) is 29.1 Å². The standard InChI is InChI=1S/C20H25N3/c1-4-5-6-10-23-19-12-15(3)14(2)11-18(19)22-20(23)16-8-7-9-17(21)13-16/h7-9,11-13H,4-6,10,21H2,1-3H3. The number of hydrogen-bond acceptors (Lipinski definition) is 2. The monoisotopic (exact) mass is 307 g/mol. The van der Waals surface area contributed by atoms with Crippen LogP contribution < -0.4 is 5.73 Å². The normalized spacial score (nSPS) is 11.3. The van der Waals surface area contributed by atoms with E-state index >= 15 is 0 Å². The van der Waals surface area contributed by atoms with Crippen LogP contribution in [0, 0.1) is 13.8 Å². The van der Waals surface area contributed by atoms with E-state index in [-0.39, 0.29) is 0 Å². The molecular weight excluding hydrogens is 282 g/mol. The minimum absolute atomic E-state index is 0.780. The van der Waals surface area contributed by atoms with E-state index in [1.54, 1.807) is 0 Å². The van der Waals surface area contributed by atoms with Gasteiger partial charge in [-0.3, -0.25) is 0 Å². The van der Waals surface area contributed by atoms with Gasteiger partial charge in [0.2, 0.25) is 0 Å². The number of nitrogens with zero attached hydrogens (tertiary/aromatic N) is 2. The van der Waals surface area contributed by atoms with Gasteiger partial charge in [-0.05, 0) is 55.7 Å². The lowest BCUT2D eigenvalue weighted by atomic mass is 10.1. The zero-order valence-corrected chi connectivity index (χ0v) is 14.3. The van der Waals surface area contributed by atoms with Crippen LogP contribution in [0.2, 0.25) is 0 Å². The zero-order valence-electron chi connectivity index (χ0n) is 14.3. The van der Waals surface area contributed by atoms with Gasteiger partial charge in [-0.2, -0.15) is 0 Å². The van der Waals surface area contributed by atoms with Crippen LogP contribution in [0.25, 0.3) is 22.4 Å². The predicted octanol–water partition coefficient (Wildman–Crippen LogP) is 5.09. The van der Waals surface area contributed by atoms with E-state index in [0.29, 0.717) is 0 Å². The highest BCUT2D eigenvalue weighted by atomic mass is 15.1. The van der Waals surface area contributed by atoms with Gasteiger partial charge in [0.1, 0.15) is 5.82 Å². The molecule has 0 aliphatic heterocycles. The summed E-state index contributed by atoms with van der Waals surface area (Å²) in [5.41, 5.74) is 12.7. The van der Waals surface area contributed by atoms with Gasteiger partial charge in [0.25, 0.3) is 0 Å². The van der Waals surface area contributed by atoms with E-state index in [4.69, 9.17) is 10.7 Å². The van der Waals surface area contributed by atoms with Crippen molar-refractivity contribution in [1.29, 1.82) is 0 Å². The number of benzene rings is 2. The van der Waals surface area contributed by atoms with Crippen LogP contribution in [0.3, 0.4) is 0 Å². The van der Waals surface area contributed by atoms with Crippen molar-refractivity contribution in [3.63, 3.8) is 0 Å². The SMILES string of the molecule is CCCCCn1c(-c2cccc(N)c2)nc2cc(C)c(C)cc21. The van der Waals surface area contributed by atoms with Crippen molar-refractivity contribution in [2.75, 3.05) is 5.73 Å². The number of rotatable bonds is 5. The quantitative estimate of drug-likeness (QED) is 0.527. The highest BCUT2D eigenvalue weighted by Gasteiger charge is 2.13. The molecule has 0 radical (unpaired) electrons. The van der Waals surface area contributed by atoms with Crippen LogP contribution in [0.4, 0.5) is 5.69 Å². The number of unbranched alkanes of at least 4 members (excludes halogenated alkanes) is 2. The van der Waals surface area contributed by atoms with Crippen LogP contribution in [-0.4, -0.2) is 9.55 Å². The van der Waals surface area contributed by atoms with E-state index in [1.807, 2.05) is 18.2 Å². The molecular formula is C20H25N3. The molecule has 0 amide bonds. The fraction of sp³-hybridized carbons (Fsp3) is 0.350. The lowest BCUT2D eigenvalue weighted by Gasteiger charge is -2.10. The molecule has 2 aromatic carbocycles. The molecule has 0 bridgehead atoms. The summed E-state index contributed by atoms with van der Waals surface area (Å²) in [7, 11) is 0. The molecule has 3 nitrogen and oxygen atoms in total. The number of hydrogen-bond donors (Lipinski definition) is 1. The molecule has 2 N–H and O–H groups in total. The van der Waals surface area contributed by atoms with Crippen molar-refractivity contribution < 1.29 is 0 Å². The molecule has 0 saturated carbocycles. The number of nitrogen functional groups attached to an aromatic ring is 1.